The number of nitrogens with one attached hydrogen (secondary N) is 1. The summed E-state index contributed by atoms with van der Waals surface area (Å²) in [5, 5.41) is 4.26. The second kappa shape index (κ2) is 12.0. The van der Waals surface area contributed by atoms with E-state index in [1.807, 2.05) is 13.8 Å². The van der Waals surface area contributed by atoms with Gasteiger partial charge in [-0.15, -0.1) is 0 Å². The Morgan fingerprint density at radius 2 is 1.81 bits per heavy atom. The highest BCUT2D eigenvalue weighted by Crippen LogP contribution is 2.28. The Kier molecular flexibility index (Phi) is 9.94. The van der Waals surface area contributed by atoms with Gasteiger partial charge in [-0.25, -0.2) is 0 Å². The lowest BCUT2D eigenvalue weighted by atomic mass is 10.1. The van der Waals surface area contributed by atoms with Crippen molar-refractivity contribution < 1.29 is 14.3 Å². The number of hydrogen-bond donors (Lipinski definition) is 1. The number of amides is 2. The van der Waals surface area contributed by atoms with Crippen LogP contribution >= 0.6 is 50.7 Å². The molecule has 2 amide bonds. The van der Waals surface area contributed by atoms with Gasteiger partial charge >= 0.3 is 0 Å². The number of halogens is 4. The molecule has 0 saturated carbocycles. The van der Waals surface area contributed by atoms with Gasteiger partial charge in [-0.2, -0.15) is 0 Å². The fourth-order valence-corrected chi connectivity index (χ4v) is 3.82. The van der Waals surface area contributed by atoms with Crippen LogP contribution in [0.2, 0.25) is 15.1 Å². The first-order valence-electron chi connectivity index (χ1n) is 9.74. The zero-order valence-electron chi connectivity index (χ0n) is 17.4. The van der Waals surface area contributed by atoms with E-state index in [-0.39, 0.29) is 31.0 Å². The van der Waals surface area contributed by atoms with Gasteiger partial charge in [0, 0.05) is 17.6 Å². The molecule has 5 nitrogen and oxygen atoms in total. The van der Waals surface area contributed by atoms with E-state index in [2.05, 4.69) is 21.2 Å². The van der Waals surface area contributed by atoms with Crippen molar-refractivity contribution in [3.63, 3.8) is 0 Å². The minimum absolute atomic E-state index is 0.00171. The molecule has 0 bridgehead atoms. The van der Waals surface area contributed by atoms with Gasteiger partial charge in [-0.1, -0.05) is 47.8 Å². The molecule has 1 N–H and O–H groups in total. The summed E-state index contributed by atoms with van der Waals surface area (Å²) in [4.78, 5) is 27.3. The van der Waals surface area contributed by atoms with E-state index in [4.69, 9.17) is 39.5 Å². The van der Waals surface area contributed by atoms with Crippen LogP contribution in [0.15, 0.2) is 40.9 Å². The molecule has 0 radical (unpaired) electrons. The van der Waals surface area contributed by atoms with E-state index in [0.29, 0.717) is 25.3 Å². The molecule has 9 heteroatoms. The molecule has 2 aromatic carbocycles. The molecule has 2 unspecified atom stereocenters. The van der Waals surface area contributed by atoms with Crippen LogP contribution in [0.5, 0.6) is 5.75 Å². The van der Waals surface area contributed by atoms with E-state index < -0.39 is 6.04 Å². The van der Waals surface area contributed by atoms with Crippen LogP contribution in [0.1, 0.15) is 32.8 Å². The molecule has 2 aromatic rings. The van der Waals surface area contributed by atoms with Crippen LogP contribution in [-0.2, 0) is 16.1 Å². The minimum atomic E-state index is -0.715. The lowest BCUT2D eigenvalue weighted by molar-refractivity contribution is -0.142. The Bertz CT molecular complexity index is 942. The fraction of sp³-hybridized carbons (Fsp3) is 0.364. The van der Waals surface area contributed by atoms with Gasteiger partial charge in [0.15, 0.2) is 6.61 Å². The Morgan fingerprint density at radius 1 is 1.10 bits per heavy atom. The molecule has 0 fully saturated rings. The smallest absolute Gasteiger partial charge is 0.261 e. The monoisotopic (exact) mass is 548 g/mol. The van der Waals surface area contributed by atoms with Crippen molar-refractivity contribution in [2.75, 3.05) is 6.61 Å². The summed E-state index contributed by atoms with van der Waals surface area (Å²) in [5.41, 5.74) is 0.749. The van der Waals surface area contributed by atoms with Gasteiger partial charge in [-0.3, -0.25) is 9.59 Å². The third-order valence-corrected chi connectivity index (χ3v) is 6.34. The van der Waals surface area contributed by atoms with Gasteiger partial charge in [0.25, 0.3) is 5.91 Å². The number of nitrogens with zero attached hydrogens (tertiary/aromatic N) is 1. The fourth-order valence-electron chi connectivity index (χ4n) is 2.70. The average molecular weight is 551 g/mol. The SMILES string of the molecule is CCC(C)NC(=O)C(C)N(Cc1ccc(Cl)c(Cl)c1)C(=O)COc1ccc(Cl)cc1Br. The van der Waals surface area contributed by atoms with Crippen molar-refractivity contribution >= 4 is 62.5 Å². The molecule has 0 aliphatic heterocycles. The largest absolute Gasteiger partial charge is 0.483 e. The maximum Gasteiger partial charge on any atom is 0.261 e. The maximum atomic E-state index is 13.1. The predicted octanol–water partition coefficient (Wildman–Crippen LogP) is 6.12. The average Bonchev–Trinajstić information content (AvgIpc) is 2.72. The van der Waals surface area contributed by atoms with E-state index in [0.717, 1.165) is 12.0 Å². The molecule has 0 aliphatic carbocycles. The maximum absolute atomic E-state index is 13.1. The number of benzene rings is 2. The van der Waals surface area contributed by atoms with Crippen molar-refractivity contribution in [2.24, 2.45) is 0 Å². The third kappa shape index (κ3) is 7.56. The van der Waals surface area contributed by atoms with Crippen molar-refractivity contribution in [1.82, 2.24) is 10.2 Å². The lowest BCUT2D eigenvalue weighted by Crippen LogP contribution is -2.50. The second-order valence-corrected chi connectivity index (χ2v) is 9.23. The molecule has 0 saturated heterocycles. The Labute approximate surface area is 206 Å². The van der Waals surface area contributed by atoms with Crippen molar-refractivity contribution in [3.8, 4) is 5.75 Å². The summed E-state index contributed by atoms with van der Waals surface area (Å²) >= 11 is 21.4. The number of hydrogen-bond acceptors (Lipinski definition) is 3. The van der Waals surface area contributed by atoms with E-state index in [9.17, 15) is 9.59 Å². The number of rotatable bonds is 9. The molecule has 0 heterocycles. The quantitative estimate of drug-likeness (QED) is 0.409. The van der Waals surface area contributed by atoms with Gasteiger partial charge < -0.3 is 15.0 Å². The molecular formula is C22H24BrCl3N2O3. The standard InChI is InChI=1S/C22H24BrCl3N2O3/c1-4-13(2)27-22(30)14(3)28(11-15-5-7-18(25)19(26)9-15)21(29)12-31-20-8-6-16(24)10-17(20)23/h5-10,13-14H,4,11-12H2,1-3H3,(H,27,30). The summed E-state index contributed by atoms with van der Waals surface area (Å²) in [5.74, 6) is -0.112. The van der Waals surface area contributed by atoms with Gasteiger partial charge in [-0.05, 0) is 72.1 Å². The summed E-state index contributed by atoms with van der Waals surface area (Å²) in [6, 6.07) is 9.41. The Balaban J connectivity index is 2.20. The van der Waals surface area contributed by atoms with Crippen molar-refractivity contribution in [2.45, 2.75) is 45.8 Å². The third-order valence-electron chi connectivity index (χ3n) is 4.75. The van der Waals surface area contributed by atoms with Crippen LogP contribution in [0.25, 0.3) is 0 Å². The van der Waals surface area contributed by atoms with Gasteiger partial charge in [0.2, 0.25) is 5.91 Å². The first kappa shape index (κ1) is 25.8. The zero-order valence-corrected chi connectivity index (χ0v) is 21.3. The molecule has 2 rings (SSSR count). The van der Waals surface area contributed by atoms with Gasteiger partial charge in [0.05, 0.1) is 14.5 Å². The first-order valence-corrected chi connectivity index (χ1v) is 11.7. The molecular weight excluding hydrogens is 527 g/mol. The summed E-state index contributed by atoms with van der Waals surface area (Å²) in [6.45, 7) is 5.51. The highest BCUT2D eigenvalue weighted by Gasteiger charge is 2.27. The van der Waals surface area contributed by atoms with Crippen molar-refractivity contribution in [1.29, 1.82) is 0 Å². The second-order valence-electron chi connectivity index (χ2n) is 7.13. The molecule has 31 heavy (non-hydrogen) atoms. The van der Waals surface area contributed by atoms with Crippen molar-refractivity contribution in [3.05, 3.63) is 61.5 Å². The van der Waals surface area contributed by atoms with Crippen LogP contribution in [0.3, 0.4) is 0 Å². The highest BCUT2D eigenvalue weighted by atomic mass is 79.9. The first-order chi connectivity index (χ1) is 14.6. The van der Waals surface area contributed by atoms with Crippen LogP contribution in [0, 0.1) is 0 Å². The molecule has 0 spiro atoms. The number of carbonyl (C=O) groups is 2. The predicted molar refractivity (Wildman–Crippen MR) is 129 cm³/mol. The highest BCUT2D eigenvalue weighted by molar-refractivity contribution is 9.10. The minimum Gasteiger partial charge on any atom is -0.483 e. The molecule has 0 aliphatic rings. The number of ether oxygens (including phenoxy) is 1. The Hall–Kier alpha value is -1.47. The molecule has 168 valence electrons. The summed E-state index contributed by atoms with van der Waals surface area (Å²) in [6.07, 6.45) is 0.785. The van der Waals surface area contributed by atoms with Crippen LogP contribution in [-0.4, -0.2) is 35.4 Å². The van der Waals surface area contributed by atoms with E-state index in [1.54, 1.807) is 43.3 Å². The molecule has 2 atom stereocenters. The zero-order chi connectivity index (χ0) is 23.1. The topological polar surface area (TPSA) is 58.6 Å². The van der Waals surface area contributed by atoms with Gasteiger partial charge in [0.1, 0.15) is 11.8 Å². The van der Waals surface area contributed by atoms with Crippen LogP contribution in [0.4, 0.5) is 0 Å². The summed E-state index contributed by atoms with van der Waals surface area (Å²) in [7, 11) is 0. The van der Waals surface area contributed by atoms with E-state index >= 15 is 0 Å². The number of carbonyl (C=O) groups excluding carboxylic acids is 2. The summed E-state index contributed by atoms with van der Waals surface area (Å²) < 4.78 is 6.30. The normalized spacial score (nSPS) is 12.7. The lowest BCUT2D eigenvalue weighted by Gasteiger charge is -2.29. The van der Waals surface area contributed by atoms with E-state index in [1.165, 1.54) is 4.90 Å². The Morgan fingerprint density at radius 3 is 2.42 bits per heavy atom. The van der Waals surface area contributed by atoms with Crippen LogP contribution < -0.4 is 10.1 Å². The molecule has 0 aromatic heterocycles.